The highest BCUT2D eigenvalue weighted by molar-refractivity contribution is 14.1. The van der Waals surface area contributed by atoms with Gasteiger partial charge < -0.3 is 10.2 Å². The number of hydrogen-bond donors (Lipinski definition) is 1. The van der Waals surface area contributed by atoms with Crippen LogP contribution in [0.2, 0.25) is 0 Å². The Hall–Kier alpha value is -1.11. The van der Waals surface area contributed by atoms with E-state index in [0.717, 1.165) is 47.9 Å². The molecule has 1 saturated heterocycles. The fourth-order valence-electron chi connectivity index (χ4n) is 2.70. The summed E-state index contributed by atoms with van der Waals surface area (Å²) in [5.41, 5.74) is 0.776. The van der Waals surface area contributed by atoms with Crippen molar-refractivity contribution in [3.63, 3.8) is 0 Å². The summed E-state index contributed by atoms with van der Waals surface area (Å²) >= 11 is 2.20. The normalized spacial score (nSPS) is 19.4. The molecule has 1 aliphatic carbocycles. The van der Waals surface area contributed by atoms with Crippen LogP contribution in [0.5, 0.6) is 0 Å². The van der Waals surface area contributed by atoms with E-state index in [0.29, 0.717) is 0 Å². The van der Waals surface area contributed by atoms with Crippen molar-refractivity contribution in [3.8, 4) is 0 Å². The fourth-order valence-corrected chi connectivity index (χ4v) is 3.31. The lowest BCUT2D eigenvalue weighted by atomic mass is 10.0. The van der Waals surface area contributed by atoms with E-state index < -0.39 is 0 Å². The molecule has 0 bridgehead atoms. The quantitative estimate of drug-likeness (QED) is 0.796. The van der Waals surface area contributed by atoms with E-state index in [1.165, 1.54) is 0 Å². The van der Waals surface area contributed by atoms with Crippen molar-refractivity contribution in [2.24, 2.45) is 5.92 Å². The van der Waals surface area contributed by atoms with E-state index in [9.17, 15) is 9.59 Å². The van der Waals surface area contributed by atoms with Crippen molar-refractivity contribution >= 4 is 34.4 Å². The number of rotatable bonds is 3. The molecule has 2 aliphatic rings. The summed E-state index contributed by atoms with van der Waals surface area (Å²) in [6.45, 7) is 1.44. The van der Waals surface area contributed by atoms with Gasteiger partial charge in [-0.05, 0) is 60.4 Å². The minimum atomic E-state index is 0.104. The Morgan fingerprint density at radius 3 is 2.38 bits per heavy atom. The zero-order valence-corrected chi connectivity index (χ0v) is 14.0. The zero-order valence-electron chi connectivity index (χ0n) is 11.8. The molecular formula is C16H19IN2O2. The van der Waals surface area contributed by atoms with E-state index in [-0.39, 0.29) is 23.8 Å². The predicted molar refractivity (Wildman–Crippen MR) is 89.0 cm³/mol. The van der Waals surface area contributed by atoms with Gasteiger partial charge in [0.25, 0.3) is 5.91 Å². The van der Waals surface area contributed by atoms with Crippen molar-refractivity contribution in [1.29, 1.82) is 0 Å². The molecule has 1 aromatic carbocycles. The van der Waals surface area contributed by atoms with Crippen LogP contribution in [0, 0.1) is 9.49 Å². The average Bonchev–Trinajstić information content (AvgIpc) is 3.32. The van der Waals surface area contributed by atoms with Crippen LogP contribution in [0.3, 0.4) is 0 Å². The monoisotopic (exact) mass is 398 g/mol. The second kappa shape index (κ2) is 6.34. The summed E-state index contributed by atoms with van der Waals surface area (Å²) in [6.07, 6.45) is 3.78. The fraction of sp³-hybridized carbons (Fsp3) is 0.500. The predicted octanol–water partition coefficient (Wildman–Crippen LogP) is 2.42. The molecule has 3 rings (SSSR count). The van der Waals surface area contributed by atoms with Crippen LogP contribution in [0.25, 0.3) is 0 Å². The molecule has 4 nitrogen and oxygen atoms in total. The number of carbonyl (C=O) groups is 2. The van der Waals surface area contributed by atoms with Gasteiger partial charge in [0, 0.05) is 28.6 Å². The number of amides is 2. The summed E-state index contributed by atoms with van der Waals surface area (Å²) in [5, 5.41) is 3.11. The summed E-state index contributed by atoms with van der Waals surface area (Å²) < 4.78 is 0.990. The van der Waals surface area contributed by atoms with Gasteiger partial charge in [0.1, 0.15) is 0 Å². The van der Waals surface area contributed by atoms with Gasteiger partial charge in [0.2, 0.25) is 5.91 Å². The molecule has 2 fully saturated rings. The molecule has 5 heteroatoms. The minimum Gasteiger partial charge on any atom is -0.353 e. The number of halogens is 1. The van der Waals surface area contributed by atoms with Gasteiger partial charge in [-0.2, -0.15) is 0 Å². The summed E-state index contributed by atoms with van der Waals surface area (Å²) in [5.74, 6) is 0.569. The van der Waals surface area contributed by atoms with Crippen LogP contribution < -0.4 is 5.32 Å². The van der Waals surface area contributed by atoms with Crippen molar-refractivity contribution < 1.29 is 9.59 Å². The van der Waals surface area contributed by atoms with Gasteiger partial charge in [0.15, 0.2) is 0 Å². The van der Waals surface area contributed by atoms with Gasteiger partial charge in [-0.25, -0.2) is 0 Å². The molecule has 1 N–H and O–H groups in total. The number of nitrogens with one attached hydrogen (secondary N) is 1. The lowest BCUT2D eigenvalue weighted by molar-refractivity contribution is -0.123. The van der Waals surface area contributed by atoms with Crippen molar-refractivity contribution in [3.05, 3.63) is 33.4 Å². The summed E-state index contributed by atoms with van der Waals surface area (Å²) in [4.78, 5) is 26.2. The Kier molecular flexibility index (Phi) is 4.47. The molecule has 112 valence electrons. The molecule has 0 spiro atoms. The van der Waals surface area contributed by atoms with Gasteiger partial charge in [-0.15, -0.1) is 0 Å². The first-order valence-electron chi connectivity index (χ1n) is 7.49. The van der Waals surface area contributed by atoms with E-state index in [1.807, 2.05) is 29.2 Å². The van der Waals surface area contributed by atoms with E-state index in [1.54, 1.807) is 0 Å². The number of carbonyl (C=O) groups excluding carboxylic acids is 2. The Labute approximate surface area is 138 Å². The molecule has 21 heavy (non-hydrogen) atoms. The van der Waals surface area contributed by atoms with Crippen LogP contribution in [0.15, 0.2) is 24.3 Å². The highest BCUT2D eigenvalue weighted by Gasteiger charge is 2.32. The van der Waals surface area contributed by atoms with Gasteiger partial charge in [-0.3, -0.25) is 9.59 Å². The highest BCUT2D eigenvalue weighted by Crippen LogP contribution is 2.29. The minimum absolute atomic E-state index is 0.104. The number of nitrogens with zero attached hydrogens (tertiary/aromatic N) is 1. The average molecular weight is 398 g/mol. The molecule has 1 heterocycles. The lowest BCUT2D eigenvalue weighted by Gasteiger charge is -2.32. The van der Waals surface area contributed by atoms with Gasteiger partial charge >= 0.3 is 0 Å². The molecule has 1 aliphatic heterocycles. The van der Waals surface area contributed by atoms with Crippen LogP contribution in [-0.4, -0.2) is 35.8 Å². The third-order valence-electron chi connectivity index (χ3n) is 4.18. The first kappa shape index (κ1) is 14.8. The van der Waals surface area contributed by atoms with Crippen LogP contribution in [-0.2, 0) is 4.79 Å². The van der Waals surface area contributed by atoms with Crippen molar-refractivity contribution in [2.75, 3.05) is 13.1 Å². The topological polar surface area (TPSA) is 49.4 Å². The molecule has 1 aromatic rings. The second-order valence-corrected chi connectivity index (χ2v) is 6.99. The highest BCUT2D eigenvalue weighted by atomic mass is 127. The largest absolute Gasteiger partial charge is 0.353 e. The standard InChI is InChI=1S/C16H19IN2O2/c17-14-4-2-1-3-13(14)16(21)19-9-7-12(8-10-19)18-15(20)11-5-6-11/h1-4,11-12H,5-10H2,(H,18,20). The maximum absolute atomic E-state index is 12.5. The van der Waals surface area contributed by atoms with E-state index in [4.69, 9.17) is 0 Å². The number of likely N-dealkylation sites (tertiary alicyclic amines) is 1. The maximum atomic E-state index is 12.5. The van der Waals surface area contributed by atoms with E-state index >= 15 is 0 Å². The zero-order chi connectivity index (χ0) is 14.8. The first-order chi connectivity index (χ1) is 10.1. The Morgan fingerprint density at radius 1 is 1.10 bits per heavy atom. The van der Waals surface area contributed by atoms with Gasteiger partial charge in [-0.1, -0.05) is 12.1 Å². The van der Waals surface area contributed by atoms with E-state index in [2.05, 4.69) is 27.9 Å². The number of piperidine rings is 1. The molecule has 0 aromatic heterocycles. The smallest absolute Gasteiger partial charge is 0.254 e. The molecule has 0 unspecified atom stereocenters. The molecule has 0 radical (unpaired) electrons. The summed E-state index contributed by atoms with van der Waals surface area (Å²) in [7, 11) is 0. The van der Waals surface area contributed by atoms with Crippen molar-refractivity contribution in [2.45, 2.75) is 31.7 Å². The summed E-state index contributed by atoms with van der Waals surface area (Å²) in [6, 6.07) is 7.91. The molecule has 1 saturated carbocycles. The Morgan fingerprint density at radius 2 is 1.76 bits per heavy atom. The molecule has 0 atom stereocenters. The van der Waals surface area contributed by atoms with Crippen LogP contribution in [0.4, 0.5) is 0 Å². The SMILES string of the molecule is O=C(NC1CCN(C(=O)c2ccccc2I)CC1)C1CC1. The third kappa shape index (κ3) is 3.56. The van der Waals surface area contributed by atoms with Crippen LogP contribution >= 0.6 is 22.6 Å². The Bertz CT molecular complexity index is 549. The number of benzene rings is 1. The third-order valence-corrected chi connectivity index (χ3v) is 5.12. The van der Waals surface area contributed by atoms with Crippen molar-refractivity contribution in [1.82, 2.24) is 10.2 Å². The van der Waals surface area contributed by atoms with Gasteiger partial charge in [0.05, 0.1) is 5.56 Å². The maximum Gasteiger partial charge on any atom is 0.254 e. The first-order valence-corrected chi connectivity index (χ1v) is 8.57. The Balaban J connectivity index is 1.54. The molecule has 2 amide bonds. The molecular weight excluding hydrogens is 379 g/mol. The van der Waals surface area contributed by atoms with Crippen LogP contribution in [0.1, 0.15) is 36.0 Å². The lowest BCUT2D eigenvalue weighted by Crippen LogP contribution is -2.47. The second-order valence-electron chi connectivity index (χ2n) is 5.83. The number of hydrogen-bond acceptors (Lipinski definition) is 2.